The molecule has 3 rings (SSSR count). The largest absolute Gasteiger partial charge is 0.465 e. The second-order valence-corrected chi connectivity index (χ2v) is 6.75. The van der Waals surface area contributed by atoms with Gasteiger partial charge < -0.3 is 10.1 Å². The number of methoxy groups -OCH3 is 1. The first-order valence-electron chi connectivity index (χ1n) is 8.24. The molecule has 1 N–H and O–H groups in total. The Kier molecular flexibility index (Phi) is 5.51. The van der Waals surface area contributed by atoms with Crippen molar-refractivity contribution in [1.82, 2.24) is 0 Å². The van der Waals surface area contributed by atoms with Crippen LogP contribution >= 0.6 is 11.3 Å². The summed E-state index contributed by atoms with van der Waals surface area (Å²) in [6.45, 7) is 1.51. The third-order valence-corrected chi connectivity index (χ3v) is 5.13. The summed E-state index contributed by atoms with van der Waals surface area (Å²) >= 11 is 1.19. The van der Waals surface area contributed by atoms with Crippen molar-refractivity contribution in [1.29, 1.82) is 0 Å². The van der Waals surface area contributed by atoms with Crippen LogP contribution in [0.2, 0.25) is 0 Å². The highest BCUT2D eigenvalue weighted by atomic mass is 32.1. The van der Waals surface area contributed by atoms with E-state index in [0.717, 1.165) is 5.56 Å². The SMILES string of the molecule is COC(=O)c1c(-c2ccccc2)csc1NC(=O)c1cccc([N+](=O)[O-])c1C. The van der Waals surface area contributed by atoms with Crippen molar-refractivity contribution in [2.45, 2.75) is 6.92 Å². The van der Waals surface area contributed by atoms with Gasteiger partial charge in [-0.2, -0.15) is 0 Å². The van der Waals surface area contributed by atoms with Crippen molar-refractivity contribution < 1.29 is 19.2 Å². The highest BCUT2D eigenvalue weighted by molar-refractivity contribution is 7.15. The molecule has 1 aromatic heterocycles. The van der Waals surface area contributed by atoms with E-state index in [9.17, 15) is 19.7 Å². The number of benzene rings is 2. The molecular formula is C20H16N2O5S. The number of esters is 1. The molecule has 28 heavy (non-hydrogen) atoms. The normalized spacial score (nSPS) is 10.4. The smallest absolute Gasteiger partial charge is 0.341 e. The fraction of sp³-hybridized carbons (Fsp3) is 0.100. The van der Waals surface area contributed by atoms with Crippen LogP contribution in [0.25, 0.3) is 11.1 Å². The topological polar surface area (TPSA) is 98.5 Å². The van der Waals surface area contributed by atoms with Crippen LogP contribution in [0.1, 0.15) is 26.3 Å². The molecule has 0 spiro atoms. The summed E-state index contributed by atoms with van der Waals surface area (Å²) in [4.78, 5) is 35.7. The van der Waals surface area contributed by atoms with Gasteiger partial charge in [0.25, 0.3) is 11.6 Å². The average molecular weight is 396 g/mol. The predicted octanol–water partition coefficient (Wildman–Crippen LogP) is 4.67. The molecule has 0 atom stereocenters. The summed E-state index contributed by atoms with van der Waals surface area (Å²) < 4.78 is 4.89. The number of hydrogen-bond donors (Lipinski definition) is 1. The number of nitrogens with one attached hydrogen (secondary N) is 1. The number of rotatable bonds is 5. The van der Waals surface area contributed by atoms with E-state index in [1.165, 1.54) is 43.6 Å². The van der Waals surface area contributed by atoms with Crippen LogP contribution in [0.4, 0.5) is 10.7 Å². The minimum absolute atomic E-state index is 0.142. The van der Waals surface area contributed by atoms with Gasteiger partial charge in [0, 0.05) is 28.1 Å². The molecule has 0 radical (unpaired) electrons. The summed E-state index contributed by atoms with van der Waals surface area (Å²) in [5.74, 6) is -1.11. The Balaban J connectivity index is 2.00. The fourth-order valence-corrected chi connectivity index (χ4v) is 3.77. The van der Waals surface area contributed by atoms with E-state index in [1.807, 2.05) is 30.3 Å². The summed E-state index contributed by atoms with van der Waals surface area (Å²) in [6.07, 6.45) is 0. The Bertz CT molecular complexity index is 1060. The highest BCUT2D eigenvalue weighted by Gasteiger charge is 2.24. The van der Waals surface area contributed by atoms with Crippen LogP contribution in [0.5, 0.6) is 0 Å². The van der Waals surface area contributed by atoms with Crippen LogP contribution < -0.4 is 5.32 Å². The minimum atomic E-state index is -0.578. The van der Waals surface area contributed by atoms with Crippen molar-refractivity contribution in [2.24, 2.45) is 0 Å². The summed E-state index contributed by atoms with van der Waals surface area (Å²) in [5.41, 5.74) is 1.98. The Morgan fingerprint density at radius 2 is 1.82 bits per heavy atom. The van der Waals surface area contributed by atoms with Crippen molar-refractivity contribution in [3.63, 3.8) is 0 Å². The van der Waals surface area contributed by atoms with Crippen LogP contribution in [0.15, 0.2) is 53.9 Å². The number of ether oxygens (including phenoxy) is 1. The maximum Gasteiger partial charge on any atom is 0.341 e. The first-order chi connectivity index (χ1) is 13.4. The molecule has 1 heterocycles. The number of carbonyl (C=O) groups is 2. The molecule has 3 aromatic rings. The van der Waals surface area contributed by atoms with Crippen LogP contribution in [0, 0.1) is 17.0 Å². The molecule has 0 aliphatic rings. The average Bonchev–Trinajstić information content (AvgIpc) is 3.11. The molecule has 0 saturated carbocycles. The van der Waals surface area contributed by atoms with E-state index in [2.05, 4.69) is 5.32 Å². The lowest BCUT2D eigenvalue weighted by Gasteiger charge is -2.09. The fourth-order valence-electron chi connectivity index (χ4n) is 2.82. The number of hydrogen-bond acceptors (Lipinski definition) is 6. The lowest BCUT2D eigenvalue weighted by atomic mass is 10.0. The predicted molar refractivity (Wildman–Crippen MR) is 107 cm³/mol. The second-order valence-electron chi connectivity index (χ2n) is 5.87. The van der Waals surface area contributed by atoms with Gasteiger partial charge in [0.1, 0.15) is 10.6 Å². The van der Waals surface area contributed by atoms with Crippen LogP contribution in [0.3, 0.4) is 0 Å². The van der Waals surface area contributed by atoms with Crippen molar-refractivity contribution in [3.8, 4) is 11.1 Å². The van der Waals surface area contributed by atoms with Gasteiger partial charge in [-0.15, -0.1) is 11.3 Å². The molecule has 0 saturated heterocycles. The molecule has 0 aliphatic carbocycles. The number of nitro benzene ring substituents is 1. The maximum absolute atomic E-state index is 12.7. The highest BCUT2D eigenvalue weighted by Crippen LogP contribution is 2.36. The molecule has 0 fully saturated rings. The number of nitrogens with zero attached hydrogens (tertiary/aromatic N) is 1. The van der Waals surface area contributed by atoms with E-state index >= 15 is 0 Å². The van der Waals surface area contributed by atoms with Gasteiger partial charge >= 0.3 is 5.97 Å². The molecule has 2 aromatic carbocycles. The zero-order valence-corrected chi connectivity index (χ0v) is 15.9. The number of amides is 1. The quantitative estimate of drug-likeness (QED) is 0.384. The van der Waals surface area contributed by atoms with Gasteiger partial charge in [-0.05, 0) is 18.6 Å². The molecule has 0 unspecified atom stereocenters. The monoisotopic (exact) mass is 396 g/mol. The third kappa shape index (κ3) is 3.63. The van der Waals surface area contributed by atoms with Crippen molar-refractivity contribution >= 4 is 33.9 Å². The zero-order chi connectivity index (χ0) is 20.3. The van der Waals surface area contributed by atoms with E-state index in [1.54, 1.807) is 5.38 Å². The van der Waals surface area contributed by atoms with Gasteiger partial charge in [-0.3, -0.25) is 14.9 Å². The van der Waals surface area contributed by atoms with Gasteiger partial charge in [0.15, 0.2) is 0 Å². The minimum Gasteiger partial charge on any atom is -0.465 e. The molecule has 0 aliphatic heterocycles. The van der Waals surface area contributed by atoms with Crippen molar-refractivity contribution in [3.05, 3.63) is 80.7 Å². The third-order valence-electron chi connectivity index (χ3n) is 4.24. The first-order valence-corrected chi connectivity index (χ1v) is 9.12. The molecule has 7 nitrogen and oxygen atoms in total. The number of thiophene rings is 1. The Morgan fingerprint density at radius 1 is 1.11 bits per heavy atom. The molecule has 0 bridgehead atoms. The Labute approximate surface area is 164 Å². The number of carbonyl (C=O) groups excluding carboxylic acids is 2. The summed E-state index contributed by atoms with van der Waals surface area (Å²) in [7, 11) is 1.27. The van der Waals surface area contributed by atoms with E-state index in [-0.39, 0.29) is 22.4 Å². The van der Waals surface area contributed by atoms with Crippen LogP contribution in [-0.4, -0.2) is 23.9 Å². The van der Waals surface area contributed by atoms with E-state index in [0.29, 0.717) is 10.6 Å². The first kappa shape index (κ1) is 19.2. The molecular weight excluding hydrogens is 380 g/mol. The van der Waals surface area contributed by atoms with Gasteiger partial charge in [-0.1, -0.05) is 36.4 Å². The number of nitro groups is 1. The van der Waals surface area contributed by atoms with Crippen LogP contribution in [-0.2, 0) is 4.74 Å². The lowest BCUT2D eigenvalue weighted by molar-refractivity contribution is -0.385. The molecule has 1 amide bonds. The lowest BCUT2D eigenvalue weighted by Crippen LogP contribution is -2.16. The summed E-state index contributed by atoms with van der Waals surface area (Å²) in [5, 5.41) is 15.9. The maximum atomic E-state index is 12.7. The van der Waals surface area contributed by atoms with Gasteiger partial charge in [0.05, 0.1) is 12.0 Å². The Morgan fingerprint density at radius 3 is 2.46 bits per heavy atom. The van der Waals surface area contributed by atoms with E-state index in [4.69, 9.17) is 4.74 Å². The van der Waals surface area contributed by atoms with Gasteiger partial charge in [-0.25, -0.2) is 4.79 Å². The van der Waals surface area contributed by atoms with E-state index < -0.39 is 16.8 Å². The standard InChI is InChI=1S/C20H16N2O5S/c1-12-14(9-6-10-16(12)22(25)26)18(23)21-19-17(20(24)27-2)15(11-28-19)13-7-4-3-5-8-13/h3-11H,1-2H3,(H,21,23). The second kappa shape index (κ2) is 8.01. The Hall–Kier alpha value is -3.52. The molecule has 142 valence electrons. The van der Waals surface area contributed by atoms with Crippen molar-refractivity contribution in [2.75, 3.05) is 12.4 Å². The number of anilines is 1. The zero-order valence-electron chi connectivity index (χ0n) is 15.1. The van der Waals surface area contributed by atoms with Gasteiger partial charge in [0.2, 0.25) is 0 Å². The summed E-state index contributed by atoms with van der Waals surface area (Å²) in [6, 6.07) is 13.5. The molecule has 8 heteroatoms.